The topological polar surface area (TPSA) is 144 Å². The van der Waals surface area contributed by atoms with E-state index in [9.17, 15) is 42.3 Å². The number of benzene rings is 3. The summed E-state index contributed by atoms with van der Waals surface area (Å²) >= 11 is 0. The van der Waals surface area contributed by atoms with Gasteiger partial charge in [0.1, 0.15) is 11.5 Å². The molecule has 1 saturated heterocycles. The normalized spacial score (nSPS) is 28.2. The summed E-state index contributed by atoms with van der Waals surface area (Å²) in [6.45, 7) is 0. The van der Waals surface area contributed by atoms with Crippen molar-refractivity contribution >= 4 is 35.0 Å². The van der Waals surface area contributed by atoms with Crippen molar-refractivity contribution in [1.29, 1.82) is 0 Å². The summed E-state index contributed by atoms with van der Waals surface area (Å²) in [6, 6.07) is 18.5. The summed E-state index contributed by atoms with van der Waals surface area (Å²) in [6.07, 6.45) is -2.37. The van der Waals surface area contributed by atoms with Gasteiger partial charge in [0.25, 0.3) is 0 Å². The number of amides is 4. The quantitative estimate of drug-likeness (QED) is 0.291. The first-order valence-corrected chi connectivity index (χ1v) is 15.2. The predicted molar refractivity (Wildman–Crippen MR) is 163 cm³/mol. The van der Waals surface area contributed by atoms with Crippen LogP contribution in [-0.4, -0.2) is 45.8 Å². The zero-order valence-electron chi connectivity index (χ0n) is 25.0. The third-order valence-electron chi connectivity index (χ3n) is 10.1. The van der Waals surface area contributed by atoms with Crippen molar-refractivity contribution in [2.75, 3.05) is 0 Å². The molecule has 0 unspecified atom stereocenters. The van der Waals surface area contributed by atoms with Crippen LogP contribution in [0.3, 0.4) is 0 Å². The molecule has 3 N–H and O–H groups in total. The molecule has 1 aliphatic heterocycles. The second kappa shape index (κ2) is 11.0. The third kappa shape index (κ3) is 4.57. The van der Waals surface area contributed by atoms with Gasteiger partial charge in [-0.2, -0.15) is 4.90 Å². The number of alkyl halides is 3. The number of hydrogen-bond acceptors (Lipinski definition) is 7. The number of phenolic OH excluding ortho intramolecular Hbond substituents is 1. The highest BCUT2D eigenvalue weighted by molar-refractivity contribution is 6.31. The van der Waals surface area contributed by atoms with Crippen LogP contribution in [0.1, 0.15) is 35.4 Å². The van der Waals surface area contributed by atoms with Crippen molar-refractivity contribution in [3.63, 3.8) is 0 Å². The number of carbonyl (C=O) groups excluding carboxylic acids is 5. The second-order valence-electron chi connectivity index (χ2n) is 12.4. The maximum atomic E-state index is 14.9. The lowest BCUT2D eigenvalue weighted by atomic mass is 9.44. The third-order valence-corrected chi connectivity index (χ3v) is 10.1. The van der Waals surface area contributed by atoms with Gasteiger partial charge in [0.2, 0.25) is 11.8 Å². The Balaban J connectivity index is 1.52. The highest BCUT2D eigenvalue weighted by Crippen LogP contribution is 2.64. The van der Waals surface area contributed by atoms with Crippen LogP contribution in [0.15, 0.2) is 96.6 Å². The minimum absolute atomic E-state index is 0.0519. The standard InChI is InChI=1S/C36H27F3N2O7/c37-36(38,39)48-20-11-14-27(42)25(15-20)30-21-12-13-22-29(33(46)41(32(22)45)34(40)47)24(21)16-26-31(44)23(18-7-3-1-4-8-18)17-28(43)35(26,30)19-9-5-2-6-10-19/h1-12,14-15,17,22,24,26,29-30,42H,13,16H2,(H2,40,47)/t22-,24+,26-,29-,30+,35-/m0/s1. The van der Waals surface area contributed by atoms with E-state index in [4.69, 9.17) is 5.73 Å². The zero-order chi connectivity index (χ0) is 34.1. The van der Waals surface area contributed by atoms with Crippen LogP contribution >= 0.6 is 0 Å². The number of ketones is 2. The number of phenols is 1. The van der Waals surface area contributed by atoms with Crippen LogP contribution in [0.5, 0.6) is 11.5 Å². The number of nitrogens with two attached hydrogens (primary N) is 1. The maximum Gasteiger partial charge on any atom is 0.573 e. The van der Waals surface area contributed by atoms with Crippen molar-refractivity contribution in [2.24, 2.45) is 29.4 Å². The van der Waals surface area contributed by atoms with Crippen LogP contribution < -0.4 is 10.5 Å². The van der Waals surface area contributed by atoms with E-state index >= 15 is 0 Å². The van der Waals surface area contributed by atoms with Gasteiger partial charge in [-0.3, -0.25) is 19.2 Å². The average Bonchev–Trinajstić information content (AvgIpc) is 3.32. The van der Waals surface area contributed by atoms with Crippen LogP contribution in [0.25, 0.3) is 5.57 Å². The monoisotopic (exact) mass is 656 g/mol. The number of aromatic hydroxyl groups is 1. The Kier molecular flexibility index (Phi) is 7.15. The van der Waals surface area contributed by atoms with Gasteiger partial charge in [-0.15, -0.1) is 13.2 Å². The van der Waals surface area contributed by atoms with Gasteiger partial charge in [-0.05, 0) is 54.2 Å². The Morgan fingerprint density at radius 3 is 2.23 bits per heavy atom. The molecule has 7 rings (SSSR count). The molecular formula is C36H27F3N2O7. The van der Waals surface area contributed by atoms with Crippen LogP contribution in [-0.2, 0) is 24.6 Å². The molecule has 1 saturated carbocycles. The molecular weight excluding hydrogens is 629 g/mol. The van der Waals surface area contributed by atoms with Gasteiger partial charge in [0, 0.05) is 23.0 Å². The number of imide groups is 3. The fraction of sp³-hybridized carbons (Fsp3) is 0.250. The first kappa shape index (κ1) is 31.1. The summed E-state index contributed by atoms with van der Waals surface area (Å²) in [7, 11) is 0. The molecule has 2 fully saturated rings. The Labute approximate surface area is 271 Å². The van der Waals surface area contributed by atoms with Gasteiger partial charge >= 0.3 is 12.4 Å². The number of primary amides is 1. The number of likely N-dealkylation sites (tertiary alicyclic amines) is 1. The van der Waals surface area contributed by atoms with E-state index in [1.807, 2.05) is 0 Å². The number of hydrogen-bond donors (Lipinski definition) is 2. The summed E-state index contributed by atoms with van der Waals surface area (Å²) in [4.78, 5) is 69.3. The van der Waals surface area contributed by atoms with E-state index in [0.717, 1.165) is 18.2 Å². The minimum atomic E-state index is -5.08. The second-order valence-corrected chi connectivity index (χ2v) is 12.4. The molecule has 6 atom stereocenters. The Morgan fingerprint density at radius 2 is 1.58 bits per heavy atom. The van der Waals surface area contributed by atoms with Gasteiger partial charge in [-0.1, -0.05) is 72.3 Å². The lowest BCUT2D eigenvalue weighted by Crippen LogP contribution is -2.58. The molecule has 3 aromatic rings. The maximum absolute atomic E-state index is 14.9. The molecule has 48 heavy (non-hydrogen) atoms. The number of allylic oxidation sites excluding steroid dienone is 4. The van der Waals surface area contributed by atoms with Gasteiger partial charge in [0.05, 0.1) is 17.3 Å². The van der Waals surface area contributed by atoms with Crippen molar-refractivity contribution in [3.8, 4) is 11.5 Å². The lowest BCUT2D eigenvalue weighted by Gasteiger charge is -2.55. The van der Waals surface area contributed by atoms with Crippen molar-refractivity contribution in [1.82, 2.24) is 4.90 Å². The minimum Gasteiger partial charge on any atom is -0.508 e. The molecule has 3 aliphatic carbocycles. The number of urea groups is 1. The van der Waals surface area contributed by atoms with Crippen LogP contribution in [0, 0.1) is 23.7 Å². The van der Waals surface area contributed by atoms with Crippen molar-refractivity contribution in [2.45, 2.75) is 30.5 Å². The van der Waals surface area contributed by atoms with Gasteiger partial charge in [-0.25, -0.2) is 4.79 Å². The fourth-order valence-electron chi connectivity index (χ4n) is 8.40. The molecule has 12 heteroatoms. The van der Waals surface area contributed by atoms with Gasteiger partial charge in [0.15, 0.2) is 11.6 Å². The largest absolute Gasteiger partial charge is 0.573 e. The molecule has 4 amide bonds. The van der Waals surface area contributed by atoms with E-state index in [1.165, 1.54) is 6.08 Å². The summed E-state index contributed by atoms with van der Waals surface area (Å²) in [5.74, 6) is -9.34. The number of halogens is 3. The zero-order valence-corrected chi connectivity index (χ0v) is 25.0. The van der Waals surface area contributed by atoms with Crippen molar-refractivity contribution < 1.29 is 47.0 Å². The van der Waals surface area contributed by atoms with Crippen LogP contribution in [0.4, 0.5) is 18.0 Å². The van der Waals surface area contributed by atoms with E-state index in [0.29, 0.717) is 21.6 Å². The van der Waals surface area contributed by atoms with Crippen LogP contribution in [0.2, 0.25) is 0 Å². The number of nitrogens with zero attached hydrogens (tertiary/aromatic N) is 1. The Hall–Kier alpha value is -5.52. The molecule has 3 aromatic carbocycles. The van der Waals surface area contributed by atoms with E-state index < -0.39 is 82.3 Å². The Morgan fingerprint density at radius 1 is 0.917 bits per heavy atom. The van der Waals surface area contributed by atoms with E-state index in [-0.39, 0.29) is 24.0 Å². The SMILES string of the molecule is NC(=O)N1C(=O)[C@H]2[C@H](CC=C3[C@H]2C[C@H]2C(=O)C(c4ccccc4)=CC(=O)[C@@]2(c2ccccc2)[C@H]3c2cc(OC(F)(F)F)ccc2O)C1=O. The fourth-order valence-corrected chi connectivity index (χ4v) is 8.40. The summed E-state index contributed by atoms with van der Waals surface area (Å²) in [5.41, 5.74) is 4.81. The number of ether oxygens (including phenoxy) is 1. The summed E-state index contributed by atoms with van der Waals surface area (Å²) < 4.78 is 44.5. The average molecular weight is 657 g/mol. The molecule has 0 spiro atoms. The number of Topliss-reactive ketones (excluding diaryl/α,β-unsaturated/α-hetero) is 1. The first-order chi connectivity index (χ1) is 22.8. The molecule has 1 heterocycles. The smallest absolute Gasteiger partial charge is 0.508 e. The summed E-state index contributed by atoms with van der Waals surface area (Å²) in [5, 5.41) is 11.3. The molecule has 244 valence electrons. The molecule has 4 aliphatic rings. The van der Waals surface area contributed by atoms with E-state index in [1.54, 1.807) is 66.7 Å². The molecule has 0 bridgehead atoms. The molecule has 0 radical (unpaired) electrons. The Bertz CT molecular complexity index is 1960. The van der Waals surface area contributed by atoms with Crippen molar-refractivity contribution in [3.05, 3.63) is 113 Å². The predicted octanol–water partition coefficient (Wildman–Crippen LogP) is 5.19. The highest BCUT2D eigenvalue weighted by Gasteiger charge is 2.66. The molecule has 0 aromatic heterocycles. The lowest BCUT2D eigenvalue weighted by molar-refractivity contribution is -0.274. The number of carbonyl (C=O) groups is 5. The number of rotatable bonds is 4. The highest BCUT2D eigenvalue weighted by atomic mass is 19.4. The number of fused-ring (bicyclic) bond motifs is 4. The molecule has 9 nitrogen and oxygen atoms in total. The first-order valence-electron chi connectivity index (χ1n) is 15.2. The van der Waals surface area contributed by atoms with E-state index in [2.05, 4.69) is 4.74 Å². The van der Waals surface area contributed by atoms with Gasteiger partial charge < -0.3 is 15.6 Å².